The summed E-state index contributed by atoms with van der Waals surface area (Å²) in [6.07, 6.45) is 1.32. The van der Waals surface area contributed by atoms with Gasteiger partial charge in [-0.3, -0.25) is 0 Å². The normalized spacial score (nSPS) is 11.0. The zero-order valence-corrected chi connectivity index (χ0v) is 7.17. The van der Waals surface area contributed by atoms with Crippen LogP contribution in [0.25, 0.3) is 0 Å². The minimum atomic E-state index is -1.07. The third-order valence-corrected chi connectivity index (χ3v) is 1.70. The van der Waals surface area contributed by atoms with Gasteiger partial charge in [-0.25, -0.2) is 4.39 Å². The molecule has 58 valence electrons. The Hall–Kier alpha value is -0.230. The molecule has 0 N–H and O–H groups in total. The van der Waals surface area contributed by atoms with Gasteiger partial charge in [0.2, 0.25) is 0 Å². The van der Waals surface area contributed by atoms with Crippen LogP contribution >= 0.6 is 11.8 Å². The van der Waals surface area contributed by atoms with Crippen molar-refractivity contribution in [3.8, 4) is 5.40 Å². The zero-order chi connectivity index (χ0) is 8.04. The highest BCUT2D eigenvalue weighted by Gasteiger charge is 2.13. The average Bonchev–Trinajstić information content (AvgIpc) is 1.78. The lowest BCUT2D eigenvalue weighted by atomic mass is 10.1. The summed E-state index contributed by atoms with van der Waals surface area (Å²) < 4.78 is 12.7. The smallest absolute Gasteiger partial charge is 0.133 e. The summed E-state index contributed by atoms with van der Waals surface area (Å²) >= 11 is 1.19. The predicted octanol–water partition coefficient (Wildman–Crippen LogP) is 2.73. The van der Waals surface area contributed by atoms with Crippen LogP contribution in [0, 0.1) is 10.7 Å². The Balaban J connectivity index is 3.14. The van der Waals surface area contributed by atoms with Crippen LogP contribution in [0.2, 0.25) is 0 Å². The number of halogens is 1. The van der Waals surface area contributed by atoms with Crippen LogP contribution in [0.4, 0.5) is 4.39 Å². The maximum Gasteiger partial charge on any atom is 0.133 e. The zero-order valence-electron chi connectivity index (χ0n) is 6.35. The van der Waals surface area contributed by atoms with Gasteiger partial charge in [-0.1, -0.05) is 0 Å². The fourth-order valence-corrected chi connectivity index (χ4v) is 0.990. The Bertz CT molecular complexity index is 123. The standard InChI is InChI=1S/C7H12FNS/c1-7(2,8)4-3-5-10-6-9/h3-5H2,1-2H3. The molecule has 0 aliphatic heterocycles. The van der Waals surface area contributed by atoms with Gasteiger partial charge in [0, 0.05) is 5.75 Å². The summed E-state index contributed by atoms with van der Waals surface area (Å²) in [6, 6.07) is 0. The lowest BCUT2D eigenvalue weighted by Crippen LogP contribution is -2.11. The molecule has 0 aliphatic rings. The average molecular weight is 161 g/mol. The molecule has 0 aromatic heterocycles. The fraction of sp³-hybridized carbons (Fsp3) is 0.857. The van der Waals surface area contributed by atoms with Crippen molar-refractivity contribution in [2.45, 2.75) is 32.4 Å². The van der Waals surface area contributed by atoms with Crippen molar-refractivity contribution in [1.29, 1.82) is 5.26 Å². The number of nitriles is 1. The maximum atomic E-state index is 12.7. The van der Waals surface area contributed by atoms with Crippen molar-refractivity contribution in [3.05, 3.63) is 0 Å². The minimum absolute atomic E-state index is 0.543. The van der Waals surface area contributed by atoms with Crippen molar-refractivity contribution in [2.24, 2.45) is 0 Å². The van der Waals surface area contributed by atoms with Crippen molar-refractivity contribution in [3.63, 3.8) is 0 Å². The molecule has 0 spiro atoms. The Morgan fingerprint density at radius 1 is 1.60 bits per heavy atom. The third-order valence-electron chi connectivity index (χ3n) is 1.08. The van der Waals surface area contributed by atoms with E-state index in [2.05, 4.69) is 0 Å². The molecule has 0 saturated heterocycles. The SMILES string of the molecule is CC(C)(F)CCCSC#N. The first-order chi connectivity index (χ1) is 4.56. The number of rotatable bonds is 4. The first kappa shape index (κ1) is 9.77. The molecule has 10 heavy (non-hydrogen) atoms. The van der Waals surface area contributed by atoms with Crippen LogP contribution in [0.15, 0.2) is 0 Å². The second-order valence-electron chi connectivity index (χ2n) is 2.76. The molecule has 0 saturated carbocycles. The minimum Gasteiger partial charge on any atom is -0.245 e. The van der Waals surface area contributed by atoms with Crippen LogP contribution in [0.5, 0.6) is 0 Å². The quantitative estimate of drug-likeness (QED) is 0.467. The summed E-state index contributed by atoms with van der Waals surface area (Å²) in [7, 11) is 0. The molecule has 0 rings (SSSR count). The Morgan fingerprint density at radius 2 is 2.20 bits per heavy atom. The lowest BCUT2D eigenvalue weighted by molar-refractivity contribution is 0.201. The number of hydrogen-bond donors (Lipinski definition) is 0. The largest absolute Gasteiger partial charge is 0.245 e. The Kier molecular flexibility index (Phi) is 4.46. The summed E-state index contributed by atoms with van der Waals surface area (Å²) in [5.74, 6) is 0.740. The molecule has 0 aliphatic carbocycles. The van der Waals surface area contributed by atoms with Gasteiger partial charge in [0.1, 0.15) is 11.1 Å². The van der Waals surface area contributed by atoms with Crippen LogP contribution in [-0.4, -0.2) is 11.4 Å². The number of nitrogens with zero attached hydrogens (tertiary/aromatic N) is 1. The van der Waals surface area contributed by atoms with Crippen LogP contribution in [-0.2, 0) is 0 Å². The summed E-state index contributed by atoms with van der Waals surface area (Å²) in [5, 5.41) is 10.1. The van der Waals surface area contributed by atoms with E-state index in [4.69, 9.17) is 5.26 Å². The molecule has 0 radical (unpaired) electrons. The van der Waals surface area contributed by atoms with Gasteiger partial charge in [0.15, 0.2) is 0 Å². The van der Waals surface area contributed by atoms with E-state index in [-0.39, 0.29) is 0 Å². The number of hydrogen-bond acceptors (Lipinski definition) is 2. The molecule has 0 aromatic rings. The first-order valence-electron chi connectivity index (χ1n) is 3.26. The molecular formula is C7H12FNS. The van der Waals surface area contributed by atoms with E-state index < -0.39 is 5.67 Å². The van der Waals surface area contributed by atoms with Gasteiger partial charge in [0.05, 0.1) is 0 Å². The van der Waals surface area contributed by atoms with Crippen LogP contribution in [0.1, 0.15) is 26.7 Å². The summed E-state index contributed by atoms with van der Waals surface area (Å²) in [5.41, 5.74) is -1.07. The van der Waals surface area contributed by atoms with E-state index in [9.17, 15) is 4.39 Å². The topological polar surface area (TPSA) is 23.8 Å². The second kappa shape index (κ2) is 4.56. The van der Waals surface area contributed by atoms with Crippen molar-refractivity contribution in [2.75, 3.05) is 5.75 Å². The molecule has 3 heteroatoms. The highest BCUT2D eigenvalue weighted by molar-refractivity contribution is 8.03. The third kappa shape index (κ3) is 7.77. The Labute approximate surface area is 65.6 Å². The molecule has 0 atom stereocenters. The van der Waals surface area contributed by atoms with E-state index in [0.717, 1.165) is 12.2 Å². The second-order valence-corrected chi connectivity index (χ2v) is 3.64. The van der Waals surface area contributed by atoms with Gasteiger partial charge in [-0.05, 0) is 38.5 Å². The van der Waals surface area contributed by atoms with Crippen LogP contribution < -0.4 is 0 Å². The lowest BCUT2D eigenvalue weighted by Gasteiger charge is -2.11. The van der Waals surface area contributed by atoms with E-state index in [1.54, 1.807) is 13.8 Å². The molecule has 0 bridgehead atoms. The van der Waals surface area contributed by atoms with Crippen molar-refractivity contribution < 1.29 is 4.39 Å². The summed E-state index contributed by atoms with van der Waals surface area (Å²) in [4.78, 5) is 0. The van der Waals surface area contributed by atoms with E-state index in [0.29, 0.717) is 6.42 Å². The van der Waals surface area contributed by atoms with Gasteiger partial charge < -0.3 is 0 Å². The number of alkyl halides is 1. The maximum absolute atomic E-state index is 12.7. The van der Waals surface area contributed by atoms with Crippen LogP contribution in [0.3, 0.4) is 0 Å². The van der Waals surface area contributed by atoms with Gasteiger partial charge in [-0.2, -0.15) is 5.26 Å². The first-order valence-corrected chi connectivity index (χ1v) is 4.24. The van der Waals surface area contributed by atoms with Gasteiger partial charge in [-0.15, -0.1) is 0 Å². The highest BCUT2D eigenvalue weighted by Crippen LogP contribution is 2.17. The fourth-order valence-electron chi connectivity index (χ4n) is 0.610. The van der Waals surface area contributed by atoms with E-state index in [1.165, 1.54) is 11.8 Å². The summed E-state index contributed by atoms with van der Waals surface area (Å²) in [6.45, 7) is 3.12. The molecule has 0 heterocycles. The van der Waals surface area contributed by atoms with Crippen molar-refractivity contribution >= 4 is 11.8 Å². The molecule has 0 fully saturated rings. The molecular weight excluding hydrogens is 149 g/mol. The van der Waals surface area contributed by atoms with Gasteiger partial charge in [0.25, 0.3) is 0 Å². The monoisotopic (exact) mass is 161 g/mol. The molecule has 0 aromatic carbocycles. The predicted molar refractivity (Wildman–Crippen MR) is 42.5 cm³/mol. The Morgan fingerprint density at radius 3 is 2.60 bits per heavy atom. The molecule has 1 nitrogen and oxygen atoms in total. The number of thiocyanates is 1. The number of thioether (sulfide) groups is 1. The van der Waals surface area contributed by atoms with E-state index >= 15 is 0 Å². The van der Waals surface area contributed by atoms with E-state index in [1.807, 2.05) is 5.40 Å². The van der Waals surface area contributed by atoms with Gasteiger partial charge >= 0.3 is 0 Å². The highest BCUT2D eigenvalue weighted by atomic mass is 32.2. The van der Waals surface area contributed by atoms with Crippen molar-refractivity contribution in [1.82, 2.24) is 0 Å². The molecule has 0 unspecified atom stereocenters. The molecule has 0 amide bonds.